The lowest BCUT2D eigenvalue weighted by atomic mass is 10.4. The number of anilines is 1. The van der Waals surface area contributed by atoms with Crippen molar-refractivity contribution in [2.24, 2.45) is 0 Å². The van der Waals surface area contributed by atoms with Gasteiger partial charge in [0.05, 0.1) is 15.4 Å². The van der Waals surface area contributed by atoms with Gasteiger partial charge >= 0.3 is 0 Å². The van der Waals surface area contributed by atoms with Gasteiger partial charge in [0, 0.05) is 4.88 Å². The summed E-state index contributed by atoms with van der Waals surface area (Å²) in [4.78, 5) is 9.06. The van der Waals surface area contributed by atoms with E-state index in [2.05, 4.69) is 31.2 Å². The second-order valence-corrected chi connectivity index (χ2v) is 5.84. The second kappa shape index (κ2) is 5.31. The van der Waals surface area contributed by atoms with Crippen LogP contribution in [-0.2, 0) is 6.54 Å². The lowest BCUT2D eigenvalue weighted by Gasteiger charge is -2.06. The van der Waals surface area contributed by atoms with Gasteiger partial charge in [0.2, 0.25) is 0 Å². The van der Waals surface area contributed by atoms with Crippen molar-refractivity contribution in [1.82, 2.24) is 9.97 Å². The molecule has 84 valence electrons. The molecule has 0 saturated heterocycles. The average molecular weight is 339 g/mol. The summed E-state index contributed by atoms with van der Waals surface area (Å²) in [5, 5.41) is 3.54. The summed E-state index contributed by atoms with van der Waals surface area (Å²) in [6.07, 6.45) is 1.41. The molecule has 0 spiro atoms. The van der Waals surface area contributed by atoms with E-state index in [0.29, 0.717) is 22.0 Å². The van der Waals surface area contributed by atoms with Gasteiger partial charge in [-0.2, -0.15) is 0 Å². The number of rotatable bonds is 3. The molecule has 2 aromatic rings. The van der Waals surface area contributed by atoms with Crippen LogP contribution in [0.3, 0.4) is 0 Å². The van der Waals surface area contributed by atoms with Crippen molar-refractivity contribution in [2.45, 2.75) is 6.54 Å². The van der Waals surface area contributed by atoms with E-state index in [1.165, 1.54) is 17.7 Å². The van der Waals surface area contributed by atoms with Gasteiger partial charge < -0.3 is 5.32 Å². The summed E-state index contributed by atoms with van der Waals surface area (Å²) >= 11 is 16.5. The zero-order chi connectivity index (χ0) is 11.5. The lowest BCUT2D eigenvalue weighted by molar-refractivity contribution is 1.09. The first kappa shape index (κ1) is 12.1. The zero-order valence-electron chi connectivity index (χ0n) is 7.88. The first-order valence-electron chi connectivity index (χ1n) is 4.31. The molecule has 2 heterocycles. The molecule has 0 aliphatic carbocycles. The third-order valence-electron chi connectivity index (χ3n) is 1.81. The highest BCUT2D eigenvalue weighted by atomic mass is 79.9. The zero-order valence-corrected chi connectivity index (χ0v) is 11.8. The van der Waals surface area contributed by atoms with E-state index in [9.17, 15) is 0 Å². The summed E-state index contributed by atoms with van der Waals surface area (Å²) in [6, 6.07) is 3.84. The van der Waals surface area contributed by atoms with Gasteiger partial charge in [-0.3, -0.25) is 0 Å². The molecule has 0 aromatic carbocycles. The minimum Gasteiger partial charge on any atom is -0.364 e. The van der Waals surface area contributed by atoms with Crippen LogP contribution in [0, 0.1) is 0 Å². The Hall–Kier alpha value is -0.360. The molecule has 0 atom stereocenters. The van der Waals surface area contributed by atoms with E-state index in [1.54, 1.807) is 0 Å². The van der Waals surface area contributed by atoms with Crippen molar-refractivity contribution in [2.75, 3.05) is 5.32 Å². The summed E-state index contributed by atoms with van der Waals surface area (Å²) < 4.78 is 1.44. The highest BCUT2D eigenvalue weighted by Gasteiger charge is 2.06. The summed E-state index contributed by atoms with van der Waals surface area (Å²) in [7, 11) is 0. The Morgan fingerprint density at radius 3 is 2.81 bits per heavy atom. The van der Waals surface area contributed by atoms with Crippen molar-refractivity contribution >= 4 is 56.3 Å². The Morgan fingerprint density at radius 2 is 2.12 bits per heavy atom. The molecule has 0 radical (unpaired) electrons. The normalized spacial score (nSPS) is 10.4. The minimum absolute atomic E-state index is 0.390. The van der Waals surface area contributed by atoms with Crippen LogP contribution >= 0.6 is 50.5 Å². The first-order valence-corrected chi connectivity index (χ1v) is 6.67. The highest BCUT2D eigenvalue weighted by Crippen LogP contribution is 2.27. The van der Waals surface area contributed by atoms with Gasteiger partial charge in [-0.15, -0.1) is 11.3 Å². The van der Waals surface area contributed by atoms with Crippen molar-refractivity contribution in [3.05, 3.63) is 37.3 Å². The number of hydrogen-bond donors (Lipinski definition) is 1. The van der Waals surface area contributed by atoms with E-state index in [1.807, 2.05) is 12.1 Å². The van der Waals surface area contributed by atoms with Gasteiger partial charge in [0.25, 0.3) is 0 Å². The number of nitrogens with one attached hydrogen (secondary N) is 1. The van der Waals surface area contributed by atoms with Gasteiger partial charge in [-0.1, -0.05) is 23.2 Å². The predicted octanol–water partition coefficient (Wildman–Crippen LogP) is 4.22. The predicted molar refractivity (Wildman–Crippen MR) is 71.4 cm³/mol. The number of thiophene rings is 1. The van der Waals surface area contributed by atoms with Crippen LogP contribution in [0.5, 0.6) is 0 Å². The van der Waals surface area contributed by atoms with Crippen LogP contribution < -0.4 is 5.32 Å². The molecule has 0 aliphatic rings. The smallest absolute Gasteiger partial charge is 0.148 e. The highest BCUT2D eigenvalue weighted by molar-refractivity contribution is 9.10. The number of hydrogen-bond acceptors (Lipinski definition) is 4. The molecule has 7 heteroatoms. The number of nitrogens with zero attached hydrogens (tertiary/aromatic N) is 2. The summed E-state index contributed by atoms with van der Waals surface area (Å²) in [5.74, 6) is 0.671. The molecule has 0 aliphatic heterocycles. The molecule has 0 saturated carbocycles. The molecular formula is C9H6BrCl2N3S. The van der Waals surface area contributed by atoms with Crippen LogP contribution in [-0.4, -0.2) is 9.97 Å². The Kier molecular flexibility index (Phi) is 4.02. The monoisotopic (exact) mass is 337 g/mol. The Balaban J connectivity index is 2.07. The molecule has 0 amide bonds. The quantitative estimate of drug-likeness (QED) is 0.851. The van der Waals surface area contributed by atoms with Gasteiger partial charge in [0.1, 0.15) is 17.3 Å². The summed E-state index contributed by atoms with van der Waals surface area (Å²) in [6.45, 7) is 0.656. The molecule has 0 unspecified atom stereocenters. The van der Waals surface area contributed by atoms with Crippen molar-refractivity contribution in [1.29, 1.82) is 0 Å². The SMILES string of the molecule is Clc1ccc(CNc2ncnc(Cl)c2Br)s1. The third-order valence-corrected chi connectivity index (χ3v) is 4.30. The molecular weight excluding hydrogens is 333 g/mol. The van der Waals surface area contributed by atoms with Crippen molar-refractivity contribution < 1.29 is 0 Å². The maximum absolute atomic E-state index is 5.84. The van der Waals surface area contributed by atoms with Crippen LogP contribution in [0.4, 0.5) is 5.82 Å². The van der Waals surface area contributed by atoms with Crippen LogP contribution in [0.15, 0.2) is 22.9 Å². The van der Waals surface area contributed by atoms with Crippen LogP contribution in [0.1, 0.15) is 4.88 Å². The third kappa shape index (κ3) is 2.85. The largest absolute Gasteiger partial charge is 0.364 e. The van der Waals surface area contributed by atoms with Crippen LogP contribution in [0.2, 0.25) is 9.49 Å². The maximum atomic E-state index is 5.84. The van der Waals surface area contributed by atoms with Gasteiger partial charge in [0.15, 0.2) is 0 Å². The molecule has 0 fully saturated rings. The average Bonchev–Trinajstić information content (AvgIpc) is 2.67. The Labute approximate surface area is 115 Å². The topological polar surface area (TPSA) is 37.8 Å². The molecule has 0 bridgehead atoms. The van der Waals surface area contributed by atoms with Crippen LogP contribution in [0.25, 0.3) is 0 Å². The molecule has 2 aromatic heterocycles. The van der Waals surface area contributed by atoms with E-state index in [4.69, 9.17) is 23.2 Å². The fourth-order valence-electron chi connectivity index (χ4n) is 1.09. The van der Waals surface area contributed by atoms with Crippen molar-refractivity contribution in [3.63, 3.8) is 0 Å². The van der Waals surface area contributed by atoms with E-state index >= 15 is 0 Å². The van der Waals surface area contributed by atoms with E-state index in [0.717, 1.165) is 9.21 Å². The molecule has 16 heavy (non-hydrogen) atoms. The fraction of sp³-hybridized carbons (Fsp3) is 0.111. The minimum atomic E-state index is 0.390. The van der Waals surface area contributed by atoms with E-state index in [-0.39, 0.29) is 0 Å². The summed E-state index contributed by atoms with van der Waals surface area (Å²) in [5.41, 5.74) is 0. The number of halogens is 3. The molecule has 2 rings (SSSR count). The Bertz CT molecular complexity index is 503. The number of aromatic nitrogens is 2. The standard InChI is InChI=1S/C9H6BrCl2N3S/c10-7-8(12)14-4-15-9(7)13-3-5-1-2-6(11)16-5/h1-2,4H,3H2,(H,13,14,15). The lowest BCUT2D eigenvalue weighted by Crippen LogP contribution is -2.01. The van der Waals surface area contributed by atoms with Crippen molar-refractivity contribution in [3.8, 4) is 0 Å². The van der Waals surface area contributed by atoms with E-state index < -0.39 is 0 Å². The fourth-order valence-corrected chi connectivity index (χ4v) is 2.59. The molecule has 3 nitrogen and oxygen atoms in total. The first-order chi connectivity index (χ1) is 7.66. The van der Waals surface area contributed by atoms with Gasteiger partial charge in [-0.25, -0.2) is 9.97 Å². The Morgan fingerprint density at radius 1 is 1.31 bits per heavy atom. The second-order valence-electron chi connectivity index (χ2n) is 2.89. The maximum Gasteiger partial charge on any atom is 0.148 e. The van der Waals surface area contributed by atoms with Gasteiger partial charge in [-0.05, 0) is 28.1 Å². The molecule has 1 N–H and O–H groups in total.